The van der Waals surface area contributed by atoms with Gasteiger partial charge in [-0.25, -0.2) is 8.42 Å². The molecule has 0 aliphatic rings. The molecule has 0 aliphatic heterocycles. The van der Waals surface area contributed by atoms with Gasteiger partial charge in [0.05, 0.1) is 16.6 Å². The molecule has 0 saturated carbocycles. The molecule has 0 spiro atoms. The third-order valence-electron chi connectivity index (χ3n) is 1.90. The first kappa shape index (κ1) is 11.0. The summed E-state index contributed by atoms with van der Waals surface area (Å²) in [7, 11) is -3.85. The van der Waals surface area contributed by atoms with E-state index in [1.807, 2.05) is 0 Å². The topological polar surface area (TPSA) is 97.2 Å². The van der Waals surface area contributed by atoms with Crippen LogP contribution in [0, 0.1) is 0 Å². The van der Waals surface area contributed by atoms with Gasteiger partial charge in [-0.15, -0.1) is 0 Å². The highest BCUT2D eigenvalue weighted by molar-refractivity contribution is 7.92. The number of fused-ring (bicyclic) bond motifs is 1. The van der Waals surface area contributed by atoms with Crippen LogP contribution in [0.25, 0.3) is 11.0 Å². The van der Waals surface area contributed by atoms with E-state index in [9.17, 15) is 13.2 Å². The summed E-state index contributed by atoms with van der Waals surface area (Å²) in [5, 5.41) is 8.52. The molecule has 16 heavy (non-hydrogen) atoms. The van der Waals surface area contributed by atoms with Crippen LogP contribution >= 0.6 is 11.7 Å². The minimum absolute atomic E-state index is 0.0823. The fraction of sp³-hybridized carbons (Fsp3) is 0.125. The highest BCUT2D eigenvalue weighted by Gasteiger charge is 2.22. The lowest BCUT2D eigenvalue weighted by Gasteiger charge is -2.01. The summed E-state index contributed by atoms with van der Waals surface area (Å²) in [5.74, 6) is -2.33. The molecule has 84 valence electrons. The van der Waals surface area contributed by atoms with E-state index in [1.165, 1.54) is 12.1 Å². The minimum atomic E-state index is -3.85. The smallest absolute Gasteiger partial charge is 0.319 e. The first-order chi connectivity index (χ1) is 7.50. The van der Waals surface area contributed by atoms with E-state index in [1.54, 1.807) is 6.07 Å². The van der Waals surface area contributed by atoms with Gasteiger partial charge in [-0.1, -0.05) is 6.07 Å². The Morgan fingerprint density at radius 3 is 2.81 bits per heavy atom. The van der Waals surface area contributed by atoms with Gasteiger partial charge in [0.15, 0.2) is 15.6 Å². The Balaban J connectivity index is 2.63. The Labute approximate surface area is 94.8 Å². The van der Waals surface area contributed by atoms with Crippen LogP contribution in [0.15, 0.2) is 23.1 Å². The zero-order chi connectivity index (χ0) is 11.8. The lowest BCUT2D eigenvalue weighted by molar-refractivity contribution is -0.134. The van der Waals surface area contributed by atoms with Gasteiger partial charge in [-0.05, 0) is 12.1 Å². The normalized spacial score (nSPS) is 11.8. The van der Waals surface area contributed by atoms with Gasteiger partial charge in [-0.3, -0.25) is 4.79 Å². The number of carbonyl (C=O) groups is 1. The predicted octanol–water partition coefficient (Wildman–Crippen LogP) is 0.550. The van der Waals surface area contributed by atoms with Crippen molar-refractivity contribution in [2.24, 2.45) is 0 Å². The van der Waals surface area contributed by atoms with Crippen molar-refractivity contribution >= 4 is 38.6 Å². The molecule has 2 aromatic rings. The van der Waals surface area contributed by atoms with Crippen molar-refractivity contribution in [3.63, 3.8) is 0 Å². The van der Waals surface area contributed by atoms with Crippen LogP contribution in [-0.2, 0) is 14.6 Å². The molecule has 6 nitrogen and oxygen atoms in total. The second-order valence-corrected chi connectivity index (χ2v) is 5.53. The summed E-state index contributed by atoms with van der Waals surface area (Å²) in [6.07, 6.45) is 0. The monoisotopic (exact) mass is 258 g/mol. The molecule has 0 amide bonds. The molecule has 0 bridgehead atoms. The highest BCUT2D eigenvalue weighted by Crippen LogP contribution is 2.21. The van der Waals surface area contributed by atoms with E-state index in [-0.39, 0.29) is 10.4 Å². The maximum absolute atomic E-state index is 11.7. The molecular formula is C8H6N2O4S2. The minimum Gasteiger partial charge on any atom is -0.480 e. The van der Waals surface area contributed by atoms with Crippen LogP contribution in [0.5, 0.6) is 0 Å². The van der Waals surface area contributed by atoms with Crippen LogP contribution < -0.4 is 0 Å². The molecule has 1 heterocycles. The van der Waals surface area contributed by atoms with Crippen molar-refractivity contribution in [2.45, 2.75) is 4.90 Å². The number of sulfone groups is 1. The molecule has 1 aromatic heterocycles. The Morgan fingerprint density at radius 1 is 1.38 bits per heavy atom. The SMILES string of the molecule is O=C(O)CS(=O)(=O)c1cccc2nsnc12. The second-order valence-electron chi connectivity index (χ2n) is 3.04. The van der Waals surface area contributed by atoms with E-state index in [0.717, 1.165) is 11.7 Å². The number of hydrogen-bond donors (Lipinski definition) is 1. The molecule has 2 rings (SSSR count). The second kappa shape index (κ2) is 3.80. The Morgan fingerprint density at radius 2 is 2.12 bits per heavy atom. The van der Waals surface area contributed by atoms with Crippen LogP contribution in [0.3, 0.4) is 0 Å². The molecule has 0 unspecified atom stereocenters. The van der Waals surface area contributed by atoms with Crippen LogP contribution in [0.2, 0.25) is 0 Å². The molecule has 0 atom stereocenters. The van der Waals surface area contributed by atoms with Crippen molar-refractivity contribution in [3.05, 3.63) is 18.2 Å². The zero-order valence-corrected chi connectivity index (χ0v) is 9.46. The molecule has 0 aliphatic carbocycles. The van der Waals surface area contributed by atoms with Crippen LogP contribution in [0.1, 0.15) is 0 Å². The molecule has 0 radical (unpaired) electrons. The van der Waals surface area contributed by atoms with Crippen LogP contribution in [0.4, 0.5) is 0 Å². The Bertz CT molecular complexity index is 647. The van der Waals surface area contributed by atoms with Crippen molar-refractivity contribution in [2.75, 3.05) is 5.75 Å². The quantitative estimate of drug-likeness (QED) is 0.863. The van der Waals surface area contributed by atoms with Gasteiger partial charge in [0.2, 0.25) is 0 Å². The summed E-state index contributed by atoms with van der Waals surface area (Å²) < 4.78 is 31.2. The Hall–Kier alpha value is -1.54. The number of carboxylic acids is 1. The van der Waals surface area contributed by atoms with Gasteiger partial charge in [0, 0.05) is 0 Å². The average molecular weight is 258 g/mol. The van der Waals surface area contributed by atoms with Crippen molar-refractivity contribution in [1.29, 1.82) is 0 Å². The molecular weight excluding hydrogens is 252 g/mol. The number of carboxylic acid groups (broad SMARTS) is 1. The van der Waals surface area contributed by atoms with Crippen molar-refractivity contribution in [3.8, 4) is 0 Å². The standard InChI is InChI=1S/C8H6N2O4S2/c11-7(12)4-16(13,14)6-3-1-2-5-8(6)10-15-9-5/h1-3H,4H2,(H,11,12). The zero-order valence-electron chi connectivity index (χ0n) is 7.82. The first-order valence-corrected chi connectivity index (χ1v) is 6.55. The fourth-order valence-corrected chi connectivity index (χ4v) is 3.09. The molecule has 0 saturated heterocycles. The number of rotatable bonds is 3. The van der Waals surface area contributed by atoms with Gasteiger partial charge >= 0.3 is 5.97 Å². The number of aliphatic carboxylic acids is 1. The first-order valence-electron chi connectivity index (χ1n) is 4.16. The summed E-state index contributed by atoms with van der Waals surface area (Å²) in [5.41, 5.74) is 0.685. The summed E-state index contributed by atoms with van der Waals surface area (Å²) in [4.78, 5) is 10.4. The lowest BCUT2D eigenvalue weighted by Crippen LogP contribution is -2.15. The summed E-state index contributed by atoms with van der Waals surface area (Å²) >= 11 is 0.890. The molecule has 8 heteroatoms. The Kier molecular flexibility index (Phi) is 2.60. The predicted molar refractivity (Wildman–Crippen MR) is 57.1 cm³/mol. The number of nitrogens with zero attached hydrogens (tertiary/aromatic N) is 2. The number of aromatic nitrogens is 2. The van der Waals surface area contributed by atoms with Crippen molar-refractivity contribution < 1.29 is 18.3 Å². The lowest BCUT2D eigenvalue weighted by atomic mass is 10.3. The summed E-state index contributed by atoms with van der Waals surface area (Å²) in [6, 6.07) is 4.47. The summed E-state index contributed by atoms with van der Waals surface area (Å²) in [6.45, 7) is 0. The van der Waals surface area contributed by atoms with Gasteiger partial charge in [0.1, 0.15) is 11.0 Å². The van der Waals surface area contributed by atoms with E-state index >= 15 is 0 Å². The number of hydrogen-bond acceptors (Lipinski definition) is 6. The van der Waals surface area contributed by atoms with Gasteiger partial charge < -0.3 is 5.11 Å². The largest absolute Gasteiger partial charge is 0.480 e. The van der Waals surface area contributed by atoms with E-state index < -0.39 is 21.6 Å². The molecule has 1 aromatic carbocycles. The molecule has 0 fully saturated rings. The fourth-order valence-electron chi connectivity index (χ4n) is 1.27. The third-order valence-corrected chi connectivity index (χ3v) is 4.07. The van der Waals surface area contributed by atoms with Crippen molar-refractivity contribution in [1.82, 2.24) is 8.75 Å². The number of benzene rings is 1. The average Bonchev–Trinajstić information content (AvgIpc) is 2.62. The van der Waals surface area contributed by atoms with E-state index in [4.69, 9.17) is 5.11 Å². The van der Waals surface area contributed by atoms with E-state index in [2.05, 4.69) is 8.75 Å². The highest BCUT2D eigenvalue weighted by atomic mass is 32.2. The van der Waals surface area contributed by atoms with Gasteiger partial charge in [0.25, 0.3) is 0 Å². The maximum Gasteiger partial charge on any atom is 0.319 e. The third kappa shape index (κ3) is 1.89. The van der Waals surface area contributed by atoms with Crippen LogP contribution in [-0.4, -0.2) is 34.0 Å². The molecule has 1 N–H and O–H groups in total. The van der Waals surface area contributed by atoms with E-state index in [0.29, 0.717) is 5.52 Å². The maximum atomic E-state index is 11.7. The van der Waals surface area contributed by atoms with Gasteiger partial charge in [-0.2, -0.15) is 8.75 Å².